The predicted molar refractivity (Wildman–Crippen MR) is 241 cm³/mol. The van der Waals surface area contributed by atoms with Gasteiger partial charge in [-0.05, 0) is 87.9 Å². The second-order valence-corrected chi connectivity index (χ2v) is 14.6. The molecule has 4 heteroatoms. The Hall–Kier alpha value is -7.82. The van der Waals surface area contributed by atoms with Gasteiger partial charge in [0, 0.05) is 49.9 Å². The van der Waals surface area contributed by atoms with Crippen LogP contribution in [-0.2, 0) is 0 Å². The SMILES string of the molecule is c1ccc(-c2cc(-c3ccccc3)nc(-c3ccc4c(-c5ccc(N(c6ccccc6)c6ccc7ccccc7c6)cc5)cc5c6ccccc6oc5c4c3)n2)cc1. The molecule has 272 valence electrons. The lowest BCUT2D eigenvalue weighted by atomic mass is 9.93. The number of rotatable bonds is 7. The monoisotopic (exact) mass is 741 g/mol. The van der Waals surface area contributed by atoms with E-state index in [1.165, 1.54) is 10.8 Å². The van der Waals surface area contributed by atoms with E-state index in [2.05, 4.69) is 169 Å². The molecule has 58 heavy (non-hydrogen) atoms. The zero-order chi connectivity index (χ0) is 38.4. The molecule has 2 aromatic heterocycles. The summed E-state index contributed by atoms with van der Waals surface area (Å²) in [6.45, 7) is 0. The van der Waals surface area contributed by atoms with Crippen LogP contribution in [0.3, 0.4) is 0 Å². The van der Waals surface area contributed by atoms with Gasteiger partial charge in [-0.2, -0.15) is 0 Å². The number of nitrogens with zero attached hydrogens (tertiary/aromatic N) is 3. The van der Waals surface area contributed by atoms with E-state index in [9.17, 15) is 0 Å². The first-order valence-corrected chi connectivity index (χ1v) is 19.6. The fourth-order valence-electron chi connectivity index (χ4n) is 8.20. The van der Waals surface area contributed by atoms with E-state index < -0.39 is 0 Å². The Morgan fingerprint density at radius 2 is 0.914 bits per heavy atom. The fraction of sp³-hybridized carbons (Fsp3) is 0. The van der Waals surface area contributed by atoms with Crippen LogP contribution in [-0.4, -0.2) is 9.97 Å². The van der Waals surface area contributed by atoms with E-state index in [1.54, 1.807) is 0 Å². The zero-order valence-electron chi connectivity index (χ0n) is 31.5. The maximum Gasteiger partial charge on any atom is 0.160 e. The smallest absolute Gasteiger partial charge is 0.160 e. The first kappa shape index (κ1) is 33.5. The molecule has 0 spiro atoms. The summed E-state index contributed by atoms with van der Waals surface area (Å²) in [7, 11) is 0. The highest BCUT2D eigenvalue weighted by Gasteiger charge is 2.19. The first-order chi connectivity index (χ1) is 28.7. The molecule has 11 aromatic rings. The average Bonchev–Trinajstić information content (AvgIpc) is 3.69. The van der Waals surface area contributed by atoms with E-state index in [4.69, 9.17) is 14.4 Å². The van der Waals surface area contributed by atoms with Gasteiger partial charge in [0.05, 0.1) is 11.4 Å². The van der Waals surface area contributed by atoms with Crippen LogP contribution in [0.15, 0.2) is 217 Å². The molecule has 2 heterocycles. The quantitative estimate of drug-likeness (QED) is 0.163. The normalized spacial score (nSPS) is 11.4. The van der Waals surface area contributed by atoms with Crippen molar-refractivity contribution in [2.75, 3.05) is 4.90 Å². The van der Waals surface area contributed by atoms with E-state index in [0.29, 0.717) is 5.82 Å². The van der Waals surface area contributed by atoms with Crippen LogP contribution in [0.4, 0.5) is 17.1 Å². The van der Waals surface area contributed by atoms with Crippen molar-refractivity contribution in [2.24, 2.45) is 0 Å². The topological polar surface area (TPSA) is 42.2 Å². The molecule has 0 fully saturated rings. The van der Waals surface area contributed by atoms with Crippen LogP contribution in [0.25, 0.3) is 88.5 Å². The van der Waals surface area contributed by atoms with Crippen molar-refractivity contribution >= 4 is 60.5 Å². The lowest BCUT2D eigenvalue weighted by molar-refractivity contribution is 0.672. The molecule has 0 aliphatic heterocycles. The number of hydrogen-bond acceptors (Lipinski definition) is 4. The first-order valence-electron chi connectivity index (χ1n) is 19.6. The molecular weight excluding hydrogens is 707 g/mol. The molecule has 0 saturated heterocycles. The summed E-state index contributed by atoms with van der Waals surface area (Å²) >= 11 is 0. The van der Waals surface area contributed by atoms with E-state index in [-0.39, 0.29) is 0 Å². The molecule has 0 N–H and O–H groups in total. The van der Waals surface area contributed by atoms with Gasteiger partial charge in [-0.1, -0.05) is 152 Å². The molecule has 0 aliphatic carbocycles. The second kappa shape index (κ2) is 14.0. The molecule has 0 atom stereocenters. The number of para-hydroxylation sites is 2. The minimum atomic E-state index is 0.663. The summed E-state index contributed by atoms with van der Waals surface area (Å²) in [4.78, 5) is 12.6. The summed E-state index contributed by atoms with van der Waals surface area (Å²) in [6, 6.07) is 74.5. The molecule has 9 aromatic carbocycles. The van der Waals surface area contributed by atoms with Crippen molar-refractivity contribution in [3.05, 3.63) is 212 Å². The lowest BCUT2D eigenvalue weighted by Crippen LogP contribution is -2.09. The largest absolute Gasteiger partial charge is 0.455 e. The number of anilines is 3. The van der Waals surface area contributed by atoms with Crippen molar-refractivity contribution in [3.8, 4) is 45.0 Å². The van der Waals surface area contributed by atoms with Crippen LogP contribution >= 0.6 is 0 Å². The van der Waals surface area contributed by atoms with Crippen LogP contribution in [0.1, 0.15) is 0 Å². The van der Waals surface area contributed by atoms with E-state index in [0.717, 1.165) is 89.0 Å². The Bertz CT molecular complexity index is 3210. The molecule has 4 nitrogen and oxygen atoms in total. The van der Waals surface area contributed by atoms with Gasteiger partial charge in [0.15, 0.2) is 5.82 Å². The Kier molecular flexibility index (Phi) is 8.11. The Balaban J connectivity index is 1.07. The third-order valence-corrected chi connectivity index (χ3v) is 11.0. The summed E-state index contributed by atoms with van der Waals surface area (Å²) in [5, 5.41) is 6.70. The lowest BCUT2D eigenvalue weighted by Gasteiger charge is -2.26. The van der Waals surface area contributed by atoms with Gasteiger partial charge >= 0.3 is 0 Å². The number of fused-ring (bicyclic) bond motifs is 6. The van der Waals surface area contributed by atoms with Crippen molar-refractivity contribution in [1.82, 2.24) is 9.97 Å². The van der Waals surface area contributed by atoms with Crippen molar-refractivity contribution in [1.29, 1.82) is 0 Å². The number of hydrogen-bond donors (Lipinski definition) is 0. The van der Waals surface area contributed by atoms with Gasteiger partial charge in [0.2, 0.25) is 0 Å². The highest BCUT2D eigenvalue weighted by Crippen LogP contribution is 2.43. The van der Waals surface area contributed by atoms with Crippen molar-refractivity contribution in [2.45, 2.75) is 0 Å². The van der Waals surface area contributed by atoms with Gasteiger partial charge in [-0.3, -0.25) is 0 Å². The number of furan rings is 1. The molecule has 11 rings (SSSR count). The minimum Gasteiger partial charge on any atom is -0.455 e. The molecule has 0 radical (unpaired) electrons. The van der Waals surface area contributed by atoms with Gasteiger partial charge in [-0.15, -0.1) is 0 Å². The standard InChI is InChI=1S/C54H35N3O/c1-4-15-38(16-5-1)50-35-51(39-17-6-2-7-18-39)56-54(55-50)41-27-31-45-47(34-49-46-22-12-13-23-52(46)58-53(49)48(45)33-41)37-25-28-43(29-26-37)57(42-20-8-3-9-21-42)44-30-24-36-14-10-11-19-40(36)32-44/h1-35H. The summed E-state index contributed by atoms with van der Waals surface area (Å²) < 4.78 is 6.67. The van der Waals surface area contributed by atoms with Crippen LogP contribution in [0.2, 0.25) is 0 Å². The maximum absolute atomic E-state index is 6.67. The Labute approximate surface area is 335 Å². The molecule has 0 bridgehead atoms. The van der Waals surface area contributed by atoms with E-state index in [1.807, 2.05) is 48.5 Å². The maximum atomic E-state index is 6.67. The molecule has 0 aliphatic rings. The average molecular weight is 742 g/mol. The van der Waals surface area contributed by atoms with E-state index >= 15 is 0 Å². The fourth-order valence-corrected chi connectivity index (χ4v) is 8.20. The van der Waals surface area contributed by atoms with Gasteiger partial charge in [0.1, 0.15) is 11.2 Å². The van der Waals surface area contributed by atoms with Crippen LogP contribution < -0.4 is 4.90 Å². The zero-order valence-corrected chi connectivity index (χ0v) is 31.5. The molecule has 0 amide bonds. The molecular formula is C54H35N3O. The number of aromatic nitrogens is 2. The van der Waals surface area contributed by atoms with Gasteiger partial charge in [0.25, 0.3) is 0 Å². The van der Waals surface area contributed by atoms with Crippen LogP contribution in [0, 0.1) is 0 Å². The van der Waals surface area contributed by atoms with Gasteiger partial charge < -0.3 is 9.32 Å². The van der Waals surface area contributed by atoms with Crippen molar-refractivity contribution < 1.29 is 4.42 Å². The third-order valence-electron chi connectivity index (χ3n) is 11.0. The Morgan fingerprint density at radius 1 is 0.345 bits per heavy atom. The predicted octanol–water partition coefficient (Wildman–Crippen LogP) is 14.8. The molecule has 0 saturated carbocycles. The molecule has 0 unspecified atom stereocenters. The second-order valence-electron chi connectivity index (χ2n) is 14.6. The van der Waals surface area contributed by atoms with Gasteiger partial charge in [-0.25, -0.2) is 9.97 Å². The summed E-state index contributed by atoms with van der Waals surface area (Å²) in [6.07, 6.45) is 0. The number of benzene rings is 9. The van der Waals surface area contributed by atoms with Crippen LogP contribution in [0.5, 0.6) is 0 Å². The summed E-state index contributed by atoms with van der Waals surface area (Å²) in [5.41, 5.74) is 12.0. The Morgan fingerprint density at radius 3 is 1.64 bits per heavy atom. The highest BCUT2D eigenvalue weighted by molar-refractivity contribution is 6.19. The third kappa shape index (κ3) is 5.96. The summed E-state index contributed by atoms with van der Waals surface area (Å²) in [5.74, 6) is 0.663. The minimum absolute atomic E-state index is 0.663. The highest BCUT2D eigenvalue weighted by atomic mass is 16.3. The van der Waals surface area contributed by atoms with Crippen molar-refractivity contribution in [3.63, 3.8) is 0 Å².